The van der Waals surface area contributed by atoms with Crippen LogP contribution in [0.25, 0.3) is 10.8 Å². The molecule has 3 aromatic carbocycles. The van der Waals surface area contributed by atoms with E-state index in [0.29, 0.717) is 29.7 Å². The van der Waals surface area contributed by atoms with E-state index in [-0.39, 0.29) is 12.3 Å². The van der Waals surface area contributed by atoms with Gasteiger partial charge in [-0.1, -0.05) is 93.1 Å². The van der Waals surface area contributed by atoms with Gasteiger partial charge in [0.2, 0.25) is 5.91 Å². The van der Waals surface area contributed by atoms with Crippen LogP contribution in [0, 0.1) is 0 Å². The van der Waals surface area contributed by atoms with Crippen LogP contribution in [0.5, 0.6) is 11.5 Å². The second kappa shape index (κ2) is 14.4. The van der Waals surface area contributed by atoms with Crippen molar-refractivity contribution in [3.05, 3.63) is 70.7 Å². The lowest BCUT2D eigenvalue weighted by atomic mass is 10.0. The molecule has 0 heterocycles. The van der Waals surface area contributed by atoms with Crippen molar-refractivity contribution in [2.45, 2.75) is 58.8 Å². The molecule has 0 aromatic heterocycles. The highest BCUT2D eigenvalue weighted by Crippen LogP contribution is 2.36. The van der Waals surface area contributed by atoms with E-state index in [1.165, 1.54) is 25.7 Å². The van der Waals surface area contributed by atoms with E-state index >= 15 is 0 Å². The molecule has 0 atom stereocenters. The van der Waals surface area contributed by atoms with Gasteiger partial charge in [0.05, 0.1) is 30.9 Å². The third-order valence-corrected chi connectivity index (χ3v) is 5.99. The van der Waals surface area contributed by atoms with Crippen LogP contribution < -0.4 is 14.9 Å². The Morgan fingerprint density at radius 2 is 1.74 bits per heavy atom. The van der Waals surface area contributed by atoms with Gasteiger partial charge >= 0.3 is 0 Å². The molecule has 0 saturated carbocycles. The lowest BCUT2D eigenvalue weighted by Crippen LogP contribution is -2.19. The number of rotatable bonds is 14. The Bertz CT molecular complexity index is 1120. The molecule has 0 unspecified atom stereocenters. The molecule has 0 bridgehead atoms. The Hall–Kier alpha value is -3.05. The quantitative estimate of drug-likeness (QED) is 0.145. The maximum atomic E-state index is 12.5. The number of hydrazone groups is 1. The molecule has 1 amide bonds. The van der Waals surface area contributed by atoms with Gasteiger partial charge in [0.1, 0.15) is 0 Å². The van der Waals surface area contributed by atoms with Gasteiger partial charge in [0.25, 0.3) is 0 Å². The summed E-state index contributed by atoms with van der Waals surface area (Å²) in [6.45, 7) is 5.23. The zero-order chi connectivity index (χ0) is 24.9. The summed E-state index contributed by atoms with van der Waals surface area (Å²) in [5.41, 5.74) is 4.29. The standard InChI is InChI=1S/C29H35ClN2O3/c1-3-5-6-7-8-11-17-35-29-26(30)18-22(19-27(29)34-4-2)21-31-32-28(33)20-24-15-12-14-23-13-9-10-16-25(23)24/h9-10,12-16,18-19,21H,3-8,11,17,20H2,1-2H3,(H,32,33)/b31-21+. The van der Waals surface area contributed by atoms with Crippen LogP contribution in [-0.2, 0) is 11.2 Å². The van der Waals surface area contributed by atoms with Gasteiger partial charge in [-0.05, 0) is 47.4 Å². The monoisotopic (exact) mass is 494 g/mol. The van der Waals surface area contributed by atoms with E-state index in [2.05, 4.69) is 17.5 Å². The molecule has 0 fully saturated rings. The van der Waals surface area contributed by atoms with Crippen LogP contribution in [0.1, 0.15) is 63.5 Å². The predicted molar refractivity (Wildman–Crippen MR) is 145 cm³/mol. The number of fused-ring (bicyclic) bond motifs is 1. The molecule has 35 heavy (non-hydrogen) atoms. The topological polar surface area (TPSA) is 59.9 Å². The predicted octanol–water partition coefficient (Wildman–Crippen LogP) is 7.32. The minimum atomic E-state index is -0.187. The molecule has 0 aliphatic heterocycles. The summed E-state index contributed by atoms with van der Waals surface area (Å²) in [4.78, 5) is 12.5. The van der Waals surface area contributed by atoms with Crippen molar-refractivity contribution in [2.75, 3.05) is 13.2 Å². The summed E-state index contributed by atoms with van der Waals surface area (Å²) >= 11 is 6.50. The Kier molecular flexibility index (Phi) is 10.9. The zero-order valence-electron chi connectivity index (χ0n) is 20.7. The van der Waals surface area contributed by atoms with E-state index in [4.69, 9.17) is 21.1 Å². The van der Waals surface area contributed by atoms with Crippen molar-refractivity contribution in [1.29, 1.82) is 0 Å². The zero-order valence-corrected chi connectivity index (χ0v) is 21.4. The second-order valence-corrected chi connectivity index (χ2v) is 8.89. The minimum absolute atomic E-state index is 0.187. The number of ether oxygens (including phenoxy) is 2. The Morgan fingerprint density at radius 3 is 2.57 bits per heavy atom. The van der Waals surface area contributed by atoms with Gasteiger partial charge in [-0.3, -0.25) is 4.79 Å². The van der Waals surface area contributed by atoms with Crippen LogP contribution in [0.2, 0.25) is 5.02 Å². The minimum Gasteiger partial charge on any atom is -0.490 e. The summed E-state index contributed by atoms with van der Waals surface area (Å²) < 4.78 is 11.7. The van der Waals surface area contributed by atoms with Crippen molar-refractivity contribution in [3.8, 4) is 11.5 Å². The lowest BCUT2D eigenvalue weighted by molar-refractivity contribution is -0.120. The van der Waals surface area contributed by atoms with Crippen molar-refractivity contribution < 1.29 is 14.3 Å². The van der Waals surface area contributed by atoms with Crippen LogP contribution in [-0.4, -0.2) is 25.3 Å². The number of benzene rings is 3. The fourth-order valence-corrected chi connectivity index (χ4v) is 4.23. The van der Waals surface area contributed by atoms with E-state index in [1.54, 1.807) is 12.3 Å². The Labute approximate surface area is 213 Å². The molecular formula is C29H35ClN2O3. The molecule has 0 aliphatic carbocycles. The summed E-state index contributed by atoms with van der Waals surface area (Å²) in [7, 11) is 0. The summed E-state index contributed by atoms with van der Waals surface area (Å²) in [6, 6.07) is 17.6. The van der Waals surface area contributed by atoms with Gasteiger partial charge < -0.3 is 9.47 Å². The number of nitrogens with zero attached hydrogens (tertiary/aromatic N) is 1. The van der Waals surface area contributed by atoms with E-state index in [1.807, 2.05) is 55.5 Å². The Balaban J connectivity index is 1.57. The maximum absolute atomic E-state index is 12.5. The summed E-state index contributed by atoms with van der Waals surface area (Å²) in [6.07, 6.45) is 8.96. The number of hydrogen-bond acceptors (Lipinski definition) is 4. The van der Waals surface area contributed by atoms with Crippen molar-refractivity contribution >= 4 is 34.5 Å². The molecule has 6 heteroatoms. The summed E-state index contributed by atoms with van der Waals surface area (Å²) in [5, 5.41) is 6.76. The van der Waals surface area contributed by atoms with Crippen molar-refractivity contribution in [1.82, 2.24) is 5.43 Å². The fraction of sp³-hybridized carbons (Fsp3) is 0.379. The first kappa shape index (κ1) is 26.6. The molecule has 0 aliphatic rings. The molecule has 3 rings (SSSR count). The molecule has 0 spiro atoms. The highest BCUT2D eigenvalue weighted by molar-refractivity contribution is 6.32. The number of hydrogen-bond donors (Lipinski definition) is 1. The van der Waals surface area contributed by atoms with Crippen LogP contribution in [0.4, 0.5) is 0 Å². The first-order valence-corrected chi connectivity index (χ1v) is 12.9. The van der Waals surface area contributed by atoms with Crippen LogP contribution in [0.15, 0.2) is 59.7 Å². The van der Waals surface area contributed by atoms with Gasteiger partial charge in [0.15, 0.2) is 11.5 Å². The number of carbonyl (C=O) groups is 1. The SMILES string of the molecule is CCCCCCCCOc1c(Cl)cc(/C=N/NC(=O)Cc2cccc3ccccc23)cc1OCC. The third-order valence-electron chi connectivity index (χ3n) is 5.71. The number of nitrogens with one attached hydrogen (secondary N) is 1. The first-order valence-electron chi connectivity index (χ1n) is 12.5. The van der Waals surface area contributed by atoms with E-state index < -0.39 is 0 Å². The molecule has 186 valence electrons. The smallest absolute Gasteiger partial charge is 0.244 e. The second-order valence-electron chi connectivity index (χ2n) is 8.49. The first-order chi connectivity index (χ1) is 17.1. The van der Waals surface area contributed by atoms with Gasteiger partial charge in [0, 0.05) is 0 Å². The molecule has 0 saturated heterocycles. The number of halogens is 1. The van der Waals surface area contributed by atoms with E-state index in [9.17, 15) is 4.79 Å². The molecule has 0 radical (unpaired) electrons. The Morgan fingerprint density at radius 1 is 0.971 bits per heavy atom. The molecular weight excluding hydrogens is 460 g/mol. The summed E-state index contributed by atoms with van der Waals surface area (Å²) in [5.74, 6) is 0.946. The number of carbonyl (C=O) groups excluding carboxylic acids is 1. The fourth-order valence-electron chi connectivity index (χ4n) is 3.96. The van der Waals surface area contributed by atoms with Gasteiger partial charge in [-0.2, -0.15) is 5.10 Å². The molecule has 3 aromatic rings. The van der Waals surface area contributed by atoms with Crippen LogP contribution in [0.3, 0.4) is 0 Å². The largest absolute Gasteiger partial charge is 0.490 e. The molecule has 5 nitrogen and oxygen atoms in total. The average Bonchev–Trinajstić information content (AvgIpc) is 2.85. The average molecular weight is 495 g/mol. The van der Waals surface area contributed by atoms with Crippen LogP contribution >= 0.6 is 11.6 Å². The highest BCUT2D eigenvalue weighted by Gasteiger charge is 2.12. The lowest BCUT2D eigenvalue weighted by Gasteiger charge is -2.14. The normalized spacial score (nSPS) is 11.2. The number of unbranched alkanes of at least 4 members (excludes halogenated alkanes) is 5. The van der Waals surface area contributed by atoms with Crippen molar-refractivity contribution in [2.24, 2.45) is 5.10 Å². The van der Waals surface area contributed by atoms with E-state index in [0.717, 1.165) is 34.7 Å². The highest BCUT2D eigenvalue weighted by atomic mass is 35.5. The van der Waals surface area contributed by atoms with Crippen molar-refractivity contribution in [3.63, 3.8) is 0 Å². The van der Waals surface area contributed by atoms with Gasteiger partial charge in [-0.15, -0.1) is 0 Å². The number of amides is 1. The van der Waals surface area contributed by atoms with Gasteiger partial charge in [-0.25, -0.2) is 5.43 Å². The maximum Gasteiger partial charge on any atom is 0.244 e. The third kappa shape index (κ3) is 8.29. The molecule has 1 N–H and O–H groups in total.